The number of aryl methyl sites for hydroxylation is 1. The number of aromatic carboxylic acids is 1. The molecular weight excluding hydrogens is 254 g/mol. The summed E-state index contributed by atoms with van der Waals surface area (Å²) in [7, 11) is 0. The van der Waals surface area contributed by atoms with Crippen LogP contribution in [0.3, 0.4) is 0 Å². The average Bonchev–Trinajstić information content (AvgIpc) is 2.38. The van der Waals surface area contributed by atoms with Crippen molar-refractivity contribution in [2.24, 2.45) is 0 Å². The van der Waals surface area contributed by atoms with Crippen molar-refractivity contribution in [2.45, 2.75) is 26.7 Å². The lowest BCUT2D eigenvalue weighted by atomic mass is 10.1. The van der Waals surface area contributed by atoms with Gasteiger partial charge in [-0.05, 0) is 37.1 Å². The van der Waals surface area contributed by atoms with Gasteiger partial charge in [0, 0.05) is 17.1 Å². The third-order valence-electron chi connectivity index (χ3n) is 2.83. The Morgan fingerprint density at radius 1 is 1.25 bits per heavy atom. The number of carboxylic acid groups (broad SMARTS) is 1. The van der Waals surface area contributed by atoms with Crippen LogP contribution in [0, 0.1) is 6.92 Å². The fourth-order valence-electron chi connectivity index (χ4n) is 1.80. The molecule has 0 unspecified atom stereocenters. The van der Waals surface area contributed by atoms with Gasteiger partial charge in [-0.25, -0.2) is 14.8 Å². The van der Waals surface area contributed by atoms with E-state index < -0.39 is 5.97 Å². The molecular formula is C15H17N3O2. The van der Waals surface area contributed by atoms with Crippen molar-refractivity contribution in [3.8, 4) is 0 Å². The second-order valence-corrected chi connectivity index (χ2v) is 4.92. The predicted molar refractivity (Wildman–Crippen MR) is 77.5 cm³/mol. The molecule has 1 heterocycles. The second-order valence-electron chi connectivity index (χ2n) is 4.92. The molecule has 20 heavy (non-hydrogen) atoms. The van der Waals surface area contributed by atoms with Gasteiger partial charge in [0.25, 0.3) is 0 Å². The summed E-state index contributed by atoms with van der Waals surface area (Å²) >= 11 is 0. The minimum atomic E-state index is -0.957. The van der Waals surface area contributed by atoms with Gasteiger partial charge < -0.3 is 10.4 Å². The van der Waals surface area contributed by atoms with Gasteiger partial charge in [-0.15, -0.1) is 0 Å². The molecule has 2 aromatic rings. The highest BCUT2D eigenvalue weighted by Gasteiger charge is 2.07. The van der Waals surface area contributed by atoms with Gasteiger partial charge in [0.05, 0.1) is 5.56 Å². The molecule has 0 atom stereocenters. The van der Waals surface area contributed by atoms with E-state index in [4.69, 9.17) is 5.11 Å². The quantitative estimate of drug-likeness (QED) is 0.891. The molecule has 0 aliphatic rings. The number of aromatic nitrogens is 2. The Kier molecular flexibility index (Phi) is 3.98. The largest absolute Gasteiger partial charge is 0.478 e. The minimum Gasteiger partial charge on any atom is -0.478 e. The van der Waals surface area contributed by atoms with Gasteiger partial charge in [0.2, 0.25) is 5.95 Å². The third kappa shape index (κ3) is 3.32. The normalized spacial score (nSPS) is 10.6. The Balaban J connectivity index is 2.30. The number of nitrogens with one attached hydrogen (secondary N) is 1. The number of rotatable bonds is 4. The highest BCUT2D eigenvalue weighted by molar-refractivity contribution is 5.88. The van der Waals surface area contributed by atoms with E-state index in [1.165, 1.54) is 0 Å². The first-order valence-electron chi connectivity index (χ1n) is 6.41. The van der Waals surface area contributed by atoms with Crippen molar-refractivity contribution in [1.82, 2.24) is 9.97 Å². The van der Waals surface area contributed by atoms with Gasteiger partial charge in [-0.3, -0.25) is 0 Å². The fraction of sp³-hybridized carbons (Fsp3) is 0.267. The van der Waals surface area contributed by atoms with Gasteiger partial charge >= 0.3 is 5.97 Å². The molecule has 0 radical (unpaired) electrons. The van der Waals surface area contributed by atoms with Crippen molar-refractivity contribution in [2.75, 3.05) is 5.32 Å². The molecule has 0 spiro atoms. The van der Waals surface area contributed by atoms with Crippen LogP contribution in [-0.4, -0.2) is 21.0 Å². The summed E-state index contributed by atoms with van der Waals surface area (Å²) in [6, 6.07) is 8.52. The fourth-order valence-corrected chi connectivity index (χ4v) is 1.80. The standard InChI is InChI=1S/C15H17N3O2/c1-9(2)13-7-10(3)16-15(18-13)17-12-6-4-5-11(8-12)14(19)20/h4-9H,1-3H3,(H,19,20)(H,16,17,18). The van der Waals surface area contributed by atoms with Crippen LogP contribution in [0.4, 0.5) is 11.6 Å². The Hall–Kier alpha value is -2.43. The van der Waals surface area contributed by atoms with Crippen LogP contribution in [0.1, 0.15) is 41.5 Å². The van der Waals surface area contributed by atoms with E-state index in [-0.39, 0.29) is 5.56 Å². The van der Waals surface area contributed by atoms with Gasteiger partial charge in [0.1, 0.15) is 0 Å². The number of carboxylic acids is 1. The van der Waals surface area contributed by atoms with Crippen LogP contribution >= 0.6 is 0 Å². The molecule has 0 bridgehead atoms. The Bertz CT molecular complexity index is 639. The number of carbonyl (C=O) groups is 1. The number of hydrogen-bond acceptors (Lipinski definition) is 4. The average molecular weight is 271 g/mol. The monoisotopic (exact) mass is 271 g/mol. The molecule has 0 amide bonds. The van der Waals surface area contributed by atoms with Crippen LogP contribution in [0.5, 0.6) is 0 Å². The van der Waals surface area contributed by atoms with E-state index in [1.54, 1.807) is 24.3 Å². The van der Waals surface area contributed by atoms with E-state index in [9.17, 15) is 4.79 Å². The predicted octanol–water partition coefficient (Wildman–Crippen LogP) is 3.35. The summed E-state index contributed by atoms with van der Waals surface area (Å²) in [6.07, 6.45) is 0. The van der Waals surface area contributed by atoms with Gasteiger partial charge in [0.15, 0.2) is 0 Å². The molecule has 5 heteroatoms. The van der Waals surface area contributed by atoms with Gasteiger partial charge in [-0.2, -0.15) is 0 Å². The topological polar surface area (TPSA) is 75.1 Å². The van der Waals surface area contributed by atoms with E-state index in [1.807, 2.05) is 13.0 Å². The molecule has 0 saturated heterocycles. The van der Waals surface area contributed by atoms with Crippen molar-refractivity contribution >= 4 is 17.6 Å². The zero-order valence-corrected chi connectivity index (χ0v) is 11.7. The molecule has 1 aromatic carbocycles. The first kappa shape index (κ1) is 14.0. The van der Waals surface area contributed by atoms with Crippen molar-refractivity contribution in [3.05, 3.63) is 47.3 Å². The minimum absolute atomic E-state index is 0.228. The Labute approximate surface area is 117 Å². The van der Waals surface area contributed by atoms with Crippen LogP contribution in [0.25, 0.3) is 0 Å². The van der Waals surface area contributed by atoms with Crippen LogP contribution in [0.2, 0.25) is 0 Å². The summed E-state index contributed by atoms with van der Waals surface area (Å²) in [5.74, 6) is -0.166. The van der Waals surface area contributed by atoms with Crippen molar-refractivity contribution < 1.29 is 9.90 Å². The Morgan fingerprint density at radius 2 is 2.00 bits per heavy atom. The Morgan fingerprint density at radius 3 is 2.65 bits per heavy atom. The number of nitrogens with zero attached hydrogens (tertiary/aromatic N) is 2. The maximum atomic E-state index is 10.9. The summed E-state index contributed by atoms with van der Waals surface area (Å²) in [5.41, 5.74) is 2.71. The van der Waals surface area contributed by atoms with E-state index in [2.05, 4.69) is 29.1 Å². The highest BCUT2D eigenvalue weighted by atomic mass is 16.4. The van der Waals surface area contributed by atoms with E-state index >= 15 is 0 Å². The molecule has 104 valence electrons. The zero-order valence-electron chi connectivity index (χ0n) is 11.7. The van der Waals surface area contributed by atoms with E-state index in [0.29, 0.717) is 17.6 Å². The number of benzene rings is 1. The molecule has 0 aliphatic heterocycles. The molecule has 0 saturated carbocycles. The maximum Gasteiger partial charge on any atom is 0.335 e. The lowest BCUT2D eigenvalue weighted by Gasteiger charge is -2.10. The smallest absolute Gasteiger partial charge is 0.335 e. The third-order valence-corrected chi connectivity index (χ3v) is 2.83. The molecule has 2 rings (SSSR count). The van der Waals surface area contributed by atoms with Crippen LogP contribution in [-0.2, 0) is 0 Å². The van der Waals surface area contributed by atoms with Crippen molar-refractivity contribution in [3.63, 3.8) is 0 Å². The van der Waals surface area contributed by atoms with Gasteiger partial charge in [-0.1, -0.05) is 19.9 Å². The highest BCUT2D eigenvalue weighted by Crippen LogP contribution is 2.18. The maximum absolute atomic E-state index is 10.9. The lowest BCUT2D eigenvalue weighted by Crippen LogP contribution is -2.04. The molecule has 5 nitrogen and oxygen atoms in total. The summed E-state index contributed by atoms with van der Waals surface area (Å²) in [5, 5.41) is 12.0. The summed E-state index contributed by atoms with van der Waals surface area (Å²) in [6.45, 7) is 6.04. The summed E-state index contributed by atoms with van der Waals surface area (Å²) in [4.78, 5) is 19.7. The molecule has 0 fully saturated rings. The molecule has 2 N–H and O–H groups in total. The summed E-state index contributed by atoms with van der Waals surface area (Å²) < 4.78 is 0. The number of hydrogen-bond donors (Lipinski definition) is 2. The van der Waals surface area contributed by atoms with Crippen LogP contribution < -0.4 is 5.32 Å². The lowest BCUT2D eigenvalue weighted by molar-refractivity contribution is 0.0697. The zero-order chi connectivity index (χ0) is 14.7. The first-order valence-corrected chi connectivity index (χ1v) is 6.41. The SMILES string of the molecule is Cc1cc(C(C)C)nc(Nc2cccc(C(=O)O)c2)n1. The second kappa shape index (κ2) is 5.69. The van der Waals surface area contributed by atoms with Crippen LogP contribution in [0.15, 0.2) is 30.3 Å². The number of anilines is 2. The first-order chi connectivity index (χ1) is 9.45. The molecule has 1 aromatic heterocycles. The van der Waals surface area contributed by atoms with E-state index in [0.717, 1.165) is 11.4 Å². The van der Waals surface area contributed by atoms with Crippen molar-refractivity contribution in [1.29, 1.82) is 0 Å². The molecule has 0 aliphatic carbocycles.